The molecular formula is C14H17ClN4OS. The van der Waals surface area contributed by atoms with E-state index in [1.807, 2.05) is 18.3 Å². The first-order valence-corrected chi connectivity index (χ1v) is 8.13. The van der Waals surface area contributed by atoms with Gasteiger partial charge in [0.15, 0.2) is 0 Å². The van der Waals surface area contributed by atoms with Gasteiger partial charge in [-0.3, -0.25) is 9.48 Å². The van der Waals surface area contributed by atoms with Crippen molar-refractivity contribution < 1.29 is 4.79 Å². The molecule has 2 N–H and O–H groups in total. The minimum Gasteiger partial charge on any atom is -0.375 e. The number of anilines is 1. The van der Waals surface area contributed by atoms with Crippen LogP contribution in [0.25, 0.3) is 0 Å². The molecule has 1 aliphatic rings. The van der Waals surface area contributed by atoms with Crippen molar-refractivity contribution in [2.24, 2.45) is 0 Å². The van der Waals surface area contributed by atoms with E-state index in [4.69, 9.17) is 11.6 Å². The molecule has 2 heterocycles. The zero-order valence-electron chi connectivity index (χ0n) is 11.7. The lowest BCUT2D eigenvalue weighted by Gasteiger charge is -2.11. The molecule has 2 aromatic heterocycles. The summed E-state index contributed by atoms with van der Waals surface area (Å²) in [6, 6.07) is 4.44. The number of thiophene rings is 1. The van der Waals surface area contributed by atoms with Crippen LogP contribution in [0.1, 0.15) is 30.7 Å². The monoisotopic (exact) mass is 324 g/mol. The van der Waals surface area contributed by atoms with Crippen LogP contribution in [0, 0.1) is 0 Å². The van der Waals surface area contributed by atoms with E-state index in [1.54, 1.807) is 22.2 Å². The third-order valence-electron chi connectivity index (χ3n) is 3.29. The number of hydrogen-bond acceptors (Lipinski definition) is 4. The van der Waals surface area contributed by atoms with Crippen molar-refractivity contribution >= 4 is 34.5 Å². The van der Waals surface area contributed by atoms with E-state index in [0.29, 0.717) is 6.04 Å². The maximum Gasteiger partial charge on any atom is 0.241 e. The van der Waals surface area contributed by atoms with Crippen LogP contribution in [-0.4, -0.2) is 21.7 Å². The average molecular weight is 325 g/mol. The van der Waals surface area contributed by atoms with Crippen LogP contribution in [0.4, 0.5) is 5.69 Å². The van der Waals surface area contributed by atoms with Crippen molar-refractivity contribution in [2.45, 2.75) is 38.4 Å². The molecule has 0 spiro atoms. The number of nitrogens with one attached hydrogen (secondary N) is 2. The number of hydrogen-bond donors (Lipinski definition) is 2. The van der Waals surface area contributed by atoms with E-state index < -0.39 is 0 Å². The topological polar surface area (TPSA) is 59.0 Å². The zero-order chi connectivity index (χ0) is 14.8. The van der Waals surface area contributed by atoms with Crippen LogP contribution >= 0.6 is 22.9 Å². The second-order valence-corrected chi connectivity index (χ2v) is 7.02. The summed E-state index contributed by atoms with van der Waals surface area (Å²) in [7, 11) is 0. The second kappa shape index (κ2) is 6.07. The first kappa shape index (κ1) is 14.4. The van der Waals surface area contributed by atoms with Crippen LogP contribution < -0.4 is 10.6 Å². The molecule has 1 saturated carbocycles. The lowest BCUT2D eigenvalue weighted by molar-refractivity contribution is -0.122. The zero-order valence-corrected chi connectivity index (χ0v) is 13.2. The minimum atomic E-state index is 0.0187. The predicted octanol–water partition coefficient (Wildman–Crippen LogP) is 3.05. The van der Waals surface area contributed by atoms with E-state index >= 15 is 0 Å². The van der Waals surface area contributed by atoms with Gasteiger partial charge in [0.05, 0.1) is 22.3 Å². The Morgan fingerprint density at radius 1 is 1.57 bits per heavy atom. The van der Waals surface area contributed by atoms with Crippen molar-refractivity contribution in [1.29, 1.82) is 0 Å². The molecule has 0 aromatic carbocycles. The van der Waals surface area contributed by atoms with Gasteiger partial charge in [0, 0.05) is 17.1 Å². The number of carbonyl (C=O) groups excluding carboxylic acids is 1. The van der Waals surface area contributed by atoms with E-state index in [-0.39, 0.29) is 18.5 Å². The van der Waals surface area contributed by atoms with Gasteiger partial charge in [-0.25, -0.2) is 0 Å². The number of amides is 1. The van der Waals surface area contributed by atoms with Gasteiger partial charge in [0.25, 0.3) is 0 Å². The molecule has 1 fully saturated rings. The first-order chi connectivity index (χ1) is 10.1. The summed E-state index contributed by atoms with van der Waals surface area (Å²) in [6.45, 7) is 2.33. The van der Waals surface area contributed by atoms with Gasteiger partial charge in [0.1, 0.15) is 6.54 Å². The number of carbonyl (C=O) groups is 1. The largest absolute Gasteiger partial charge is 0.375 e. The van der Waals surface area contributed by atoms with Gasteiger partial charge in [-0.1, -0.05) is 11.6 Å². The molecule has 0 radical (unpaired) electrons. The Morgan fingerprint density at radius 3 is 3.05 bits per heavy atom. The maximum absolute atomic E-state index is 11.7. The van der Waals surface area contributed by atoms with E-state index in [0.717, 1.165) is 22.9 Å². The minimum absolute atomic E-state index is 0.0187. The van der Waals surface area contributed by atoms with Crippen molar-refractivity contribution in [2.75, 3.05) is 5.32 Å². The molecule has 112 valence electrons. The van der Waals surface area contributed by atoms with Crippen LogP contribution in [0.5, 0.6) is 0 Å². The Balaban J connectivity index is 1.55. The Kier molecular flexibility index (Phi) is 4.17. The molecule has 5 nitrogen and oxygen atoms in total. The van der Waals surface area contributed by atoms with E-state index in [9.17, 15) is 4.79 Å². The maximum atomic E-state index is 11.7. The summed E-state index contributed by atoms with van der Waals surface area (Å²) < 4.78 is 2.43. The molecular weight excluding hydrogens is 308 g/mol. The first-order valence-electron chi connectivity index (χ1n) is 6.94. The van der Waals surface area contributed by atoms with Gasteiger partial charge < -0.3 is 10.6 Å². The van der Waals surface area contributed by atoms with Crippen molar-refractivity contribution in [3.05, 3.63) is 33.7 Å². The highest BCUT2D eigenvalue weighted by atomic mass is 35.5. The fourth-order valence-corrected chi connectivity index (χ4v) is 3.12. The van der Waals surface area contributed by atoms with Crippen LogP contribution in [0.2, 0.25) is 4.34 Å². The summed E-state index contributed by atoms with van der Waals surface area (Å²) in [5.41, 5.74) is 0.895. The molecule has 0 aliphatic heterocycles. The van der Waals surface area contributed by atoms with Crippen molar-refractivity contribution in [1.82, 2.24) is 15.1 Å². The SMILES string of the molecule is CC(Nc1cnn(CC(=O)NC2CC2)c1)c1ccc(Cl)s1. The van der Waals surface area contributed by atoms with Crippen LogP contribution in [-0.2, 0) is 11.3 Å². The Morgan fingerprint density at radius 2 is 2.38 bits per heavy atom. The Hall–Kier alpha value is -1.53. The summed E-state index contributed by atoms with van der Waals surface area (Å²) in [4.78, 5) is 12.9. The van der Waals surface area contributed by atoms with Gasteiger partial charge in [-0.15, -0.1) is 11.3 Å². The van der Waals surface area contributed by atoms with Gasteiger partial charge in [-0.2, -0.15) is 5.10 Å². The lowest BCUT2D eigenvalue weighted by atomic mass is 10.3. The number of halogens is 1. The third kappa shape index (κ3) is 3.98. The molecule has 2 aromatic rings. The van der Waals surface area contributed by atoms with Gasteiger partial charge >= 0.3 is 0 Å². The van der Waals surface area contributed by atoms with Gasteiger partial charge in [-0.05, 0) is 31.9 Å². The highest BCUT2D eigenvalue weighted by molar-refractivity contribution is 7.16. The number of aromatic nitrogens is 2. The normalized spacial score (nSPS) is 15.7. The van der Waals surface area contributed by atoms with Crippen LogP contribution in [0.15, 0.2) is 24.5 Å². The van der Waals surface area contributed by atoms with Crippen LogP contribution in [0.3, 0.4) is 0 Å². The second-order valence-electron chi connectivity index (χ2n) is 5.28. The molecule has 1 aliphatic carbocycles. The summed E-state index contributed by atoms with van der Waals surface area (Å²) >= 11 is 7.50. The van der Waals surface area contributed by atoms with Crippen molar-refractivity contribution in [3.63, 3.8) is 0 Å². The molecule has 0 saturated heterocycles. The molecule has 1 unspecified atom stereocenters. The average Bonchev–Trinajstić information content (AvgIpc) is 2.95. The molecule has 7 heteroatoms. The van der Waals surface area contributed by atoms with Crippen molar-refractivity contribution in [3.8, 4) is 0 Å². The fraction of sp³-hybridized carbons (Fsp3) is 0.429. The predicted molar refractivity (Wildman–Crippen MR) is 84.8 cm³/mol. The molecule has 1 amide bonds. The molecule has 0 bridgehead atoms. The Bertz CT molecular complexity index is 634. The summed E-state index contributed by atoms with van der Waals surface area (Å²) in [5, 5.41) is 10.5. The number of rotatable bonds is 6. The summed E-state index contributed by atoms with van der Waals surface area (Å²) in [5.74, 6) is 0.0187. The van der Waals surface area contributed by atoms with E-state index in [2.05, 4.69) is 22.7 Å². The van der Waals surface area contributed by atoms with E-state index in [1.165, 1.54) is 4.88 Å². The highest BCUT2D eigenvalue weighted by Crippen LogP contribution is 2.28. The number of nitrogens with zero attached hydrogens (tertiary/aromatic N) is 2. The molecule has 21 heavy (non-hydrogen) atoms. The molecule has 3 rings (SSSR count). The summed E-state index contributed by atoms with van der Waals surface area (Å²) in [6.07, 6.45) is 5.77. The lowest BCUT2D eigenvalue weighted by Crippen LogP contribution is -2.29. The Labute approximate surface area is 132 Å². The smallest absolute Gasteiger partial charge is 0.241 e. The van der Waals surface area contributed by atoms with Gasteiger partial charge in [0.2, 0.25) is 5.91 Å². The highest BCUT2D eigenvalue weighted by Gasteiger charge is 2.23. The molecule has 1 atom stereocenters. The third-order valence-corrected chi connectivity index (χ3v) is 4.70. The standard InChI is InChI=1S/C14H17ClN4OS/c1-9(12-4-5-13(15)21-12)17-11-6-16-19(7-11)8-14(20)18-10-2-3-10/h4-7,9-10,17H,2-3,8H2,1H3,(H,18,20). The quantitative estimate of drug-likeness (QED) is 0.858. The fourth-order valence-electron chi connectivity index (χ4n) is 2.05.